The minimum absolute atomic E-state index is 0.0167. The number of fused-ring (bicyclic) bond motifs is 3. The van der Waals surface area contributed by atoms with E-state index in [9.17, 15) is 63.6 Å². The Kier molecular flexibility index (Phi) is 32.2. The number of hydrogen-bond acceptors (Lipinski definition) is 22. The van der Waals surface area contributed by atoms with Gasteiger partial charge in [0.1, 0.15) is 15.5 Å². The zero-order valence-corrected chi connectivity index (χ0v) is 77.8. The minimum atomic E-state index is -0.829. The lowest BCUT2D eigenvalue weighted by atomic mass is 10.1. The summed E-state index contributed by atoms with van der Waals surface area (Å²) in [5.74, 6) is 2.33. The van der Waals surface area contributed by atoms with Crippen molar-refractivity contribution in [2.45, 2.75) is 157 Å². The van der Waals surface area contributed by atoms with Crippen molar-refractivity contribution in [1.29, 1.82) is 0 Å². The average molecular weight is 1940 g/mol. The smallest absolute Gasteiger partial charge is 0.304 e. The molecule has 24 nitrogen and oxygen atoms in total. The summed E-state index contributed by atoms with van der Waals surface area (Å²) >= 11 is 34.9. The van der Waals surface area contributed by atoms with Crippen LogP contribution in [0.5, 0.6) is 0 Å². The second-order valence-corrected chi connectivity index (χ2v) is 37.6. The van der Waals surface area contributed by atoms with E-state index in [1.54, 1.807) is 101 Å². The van der Waals surface area contributed by atoms with E-state index >= 15 is 0 Å². The van der Waals surface area contributed by atoms with Gasteiger partial charge >= 0.3 is 11.4 Å². The summed E-state index contributed by atoms with van der Waals surface area (Å²) in [5.41, 5.74) is 21.2. The molecule has 7 aromatic carbocycles. The normalized spacial score (nSPS) is 15.4. The van der Waals surface area contributed by atoms with E-state index < -0.39 is 32.9 Å². The molecule has 0 spiro atoms. The van der Waals surface area contributed by atoms with Crippen LogP contribution in [0.25, 0.3) is 0 Å². The molecular weight excluding hydrogens is 1850 g/mol. The van der Waals surface area contributed by atoms with Crippen molar-refractivity contribution in [3.05, 3.63) is 290 Å². The highest BCUT2D eigenvalue weighted by atomic mass is 79.9. The van der Waals surface area contributed by atoms with Crippen molar-refractivity contribution in [3.8, 4) is 0 Å². The predicted octanol–water partition coefficient (Wildman–Crippen LogP) is 25.7. The molecule has 0 saturated heterocycles. The van der Waals surface area contributed by atoms with Gasteiger partial charge in [0.2, 0.25) is 11.6 Å². The van der Waals surface area contributed by atoms with Gasteiger partial charge in [0.05, 0.1) is 111 Å². The van der Waals surface area contributed by atoms with Crippen LogP contribution in [0.15, 0.2) is 175 Å². The highest BCUT2D eigenvalue weighted by molar-refractivity contribution is 9.10. The standard InChI is InChI=1S/2C18H18ClN3OS.2C10H11NO2S.C10H13NS.C9H8FNO2.C8H6Cl2N2O.C6H3BrFNO2/c2*1-22-9-14-17(18(22)23)13(8-16(19)21-14)20-12-6-5-11(10-3-4-10)7-15(12)24-2;2*1-14-10-6-8(7-2-3-7)4-5-9(10)11(12)13;1-12-10-6-8(7-2-3-7)4-5-9(10)11;10-8-5-7(6-1-2-6)3-4-9(8)11(12)13;1-12-3-5-7(8(12)13)4(9)2-6(10)11-5;7-4-1-2-6(9(10)11)5(8)3-4/h2*5-8,10H,3-4,9H2,1-2H3,(H,20,21);2*4-7H,2-3H2,1H3;4-7H,2-3,11H2,1H3;3-6H,1-2H2;2H,3H2,1H3;1-3H. The van der Waals surface area contributed by atoms with Crippen molar-refractivity contribution in [1.82, 2.24) is 29.7 Å². The van der Waals surface area contributed by atoms with Crippen LogP contribution in [0.1, 0.15) is 194 Å². The van der Waals surface area contributed by atoms with E-state index in [-0.39, 0.29) is 38.9 Å². The second kappa shape index (κ2) is 42.5. The number of anilines is 5. The third kappa shape index (κ3) is 24.9. The molecule has 3 amide bonds. The van der Waals surface area contributed by atoms with E-state index in [2.05, 4.69) is 109 Å². The number of thioether (sulfide) groups is 5. The molecule has 0 atom stereocenters. The molecule has 0 unspecified atom stereocenters. The maximum absolute atomic E-state index is 13.0. The van der Waals surface area contributed by atoms with Crippen molar-refractivity contribution < 1.29 is 42.9 Å². The molecule has 654 valence electrons. The minimum Gasteiger partial charge on any atom is -0.398 e. The number of halogens is 7. The van der Waals surface area contributed by atoms with Crippen LogP contribution in [-0.2, 0) is 19.6 Å². The van der Waals surface area contributed by atoms with Crippen LogP contribution >= 0.6 is 121 Å². The highest BCUT2D eigenvalue weighted by Crippen LogP contribution is 2.49. The van der Waals surface area contributed by atoms with Gasteiger partial charge in [-0.3, -0.25) is 54.8 Å². The number of nitro groups is 4. The van der Waals surface area contributed by atoms with Gasteiger partial charge < -0.3 is 31.1 Å². The number of nitrogens with one attached hydrogen (secondary N) is 2. The van der Waals surface area contributed by atoms with Crippen LogP contribution in [0.2, 0.25) is 20.5 Å². The number of nitrogens with zero attached hydrogens (tertiary/aromatic N) is 10. The van der Waals surface area contributed by atoms with Crippen molar-refractivity contribution >= 4 is 190 Å². The topological polar surface area (TPSA) is 322 Å². The van der Waals surface area contributed by atoms with Gasteiger partial charge in [-0.05, 0) is 262 Å². The molecule has 9 aliphatic rings. The number of nitrogen functional groups attached to an aromatic ring is 1. The van der Waals surface area contributed by atoms with E-state index in [0.717, 1.165) is 97.9 Å². The first-order valence-electron chi connectivity index (χ1n) is 39.8. The number of amides is 3. The average Bonchev–Trinajstić information content (AvgIpc) is 1.63. The van der Waals surface area contributed by atoms with Crippen molar-refractivity contribution in [3.63, 3.8) is 0 Å². The van der Waals surface area contributed by atoms with Crippen LogP contribution in [0.4, 0.5) is 60.0 Å². The Labute approximate surface area is 771 Å². The molecule has 10 aromatic rings. The molecule has 6 aliphatic carbocycles. The number of pyridine rings is 3. The van der Waals surface area contributed by atoms with Crippen molar-refractivity contribution in [2.75, 3.05) is 68.8 Å². The highest BCUT2D eigenvalue weighted by Gasteiger charge is 2.35. The monoisotopic (exact) mass is 1930 g/mol. The Bertz CT molecular complexity index is 5600. The van der Waals surface area contributed by atoms with Crippen LogP contribution in [0, 0.1) is 52.1 Å². The van der Waals surface area contributed by atoms with Gasteiger partial charge in [0, 0.05) is 70.3 Å². The van der Waals surface area contributed by atoms with Gasteiger partial charge in [-0.2, -0.15) is 8.78 Å². The summed E-state index contributed by atoms with van der Waals surface area (Å²) < 4.78 is 26.2. The first kappa shape index (κ1) is 94.8. The third-order valence-electron chi connectivity index (χ3n) is 21.6. The molecule has 4 N–H and O–H groups in total. The summed E-state index contributed by atoms with van der Waals surface area (Å²) in [4.78, 5) is 98.6. The zero-order valence-electron chi connectivity index (χ0n) is 69.2. The largest absolute Gasteiger partial charge is 0.398 e. The van der Waals surface area contributed by atoms with E-state index in [1.807, 2.05) is 42.8 Å². The summed E-state index contributed by atoms with van der Waals surface area (Å²) in [5, 5.41) is 50.0. The predicted molar refractivity (Wildman–Crippen MR) is 501 cm³/mol. The number of nitrogens with two attached hydrogens (primary N) is 1. The zero-order chi connectivity index (χ0) is 89.9. The lowest BCUT2D eigenvalue weighted by Gasteiger charge is -2.15. The van der Waals surface area contributed by atoms with E-state index in [4.69, 9.17) is 52.1 Å². The number of carbonyl (C=O) groups excluding carboxylic acids is 3. The fourth-order valence-electron chi connectivity index (χ4n) is 14.0. The fraction of sp³-hybridized carbons (Fsp3) is 0.326. The molecule has 19 rings (SSSR count). The van der Waals surface area contributed by atoms with E-state index in [1.165, 1.54) is 155 Å². The molecule has 3 aliphatic heterocycles. The van der Waals surface area contributed by atoms with Crippen LogP contribution in [-0.4, -0.2) is 119 Å². The van der Waals surface area contributed by atoms with Gasteiger partial charge in [-0.1, -0.05) is 98.7 Å². The first-order valence-corrected chi connectivity index (χ1v) is 48.2. The Morgan fingerprint density at radius 3 is 0.984 bits per heavy atom. The number of aromatic nitrogens is 3. The summed E-state index contributed by atoms with van der Waals surface area (Å²) in [6.45, 7) is 1.48. The molecule has 125 heavy (non-hydrogen) atoms. The molecule has 6 fully saturated rings. The molecule has 6 saturated carbocycles. The molecular formula is C89H88BrCl4F2N13O11S5. The number of benzene rings is 7. The number of hydrogen-bond donors (Lipinski definition) is 3. The summed E-state index contributed by atoms with van der Waals surface area (Å²) in [7, 11) is 5.26. The fourth-order valence-corrected chi connectivity index (χ4v) is 18.3. The Morgan fingerprint density at radius 2 is 0.656 bits per heavy atom. The Hall–Kier alpha value is -9.35. The molecule has 6 heterocycles. The van der Waals surface area contributed by atoms with Gasteiger partial charge in [-0.15, -0.1) is 58.8 Å². The van der Waals surface area contributed by atoms with E-state index in [0.29, 0.717) is 84.7 Å². The lowest BCUT2D eigenvalue weighted by Crippen LogP contribution is -2.18. The third-order valence-corrected chi connectivity index (χ3v) is 26.9. The van der Waals surface area contributed by atoms with Gasteiger partial charge in [0.15, 0.2) is 0 Å². The quantitative estimate of drug-likeness (QED) is 0.0223. The molecule has 3 aromatic heterocycles. The van der Waals surface area contributed by atoms with Crippen molar-refractivity contribution in [2.24, 2.45) is 0 Å². The SMILES string of the molecule is CN1Cc2nc(Cl)cc(Cl)c2C1=O.CSc1cc(C2CC2)ccc1N.CSc1cc(C2CC2)ccc1Nc1cc(Cl)nc2c1C(=O)N(C)C2.CSc1cc(C2CC2)ccc1Nc1cc(Cl)nc2c1C(=O)N(C)C2.CSc1cc(C2CC2)ccc1[N+](=O)[O-].CSc1cc(C2CC2)ccc1[N+](=O)[O-].O=[N+]([O-])c1ccc(Br)cc1F.O=[N+]([O-])c1ccc(C2CC2)cc1F. The van der Waals surface area contributed by atoms with Crippen LogP contribution in [0.3, 0.4) is 0 Å². The second-order valence-electron chi connectivity index (χ2n) is 30.9. The summed E-state index contributed by atoms with van der Waals surface area (Å²) in [6, 6.07) is 43.1. The number of nitro benzene ring substituents is 4. The lowest BCUT2D eigenvalue weighted by molar-refractivity contribution is -0.387. The number of rotatable bonds is 19. The maximum Gasteiger partial charge on any atom is 0.304 e. The molecule has 36 heteroatoms. The van der Waals surface area contributed by atoms with Crippen LogP contribution < -0.4 is 16.4 Å². The Balaban J connectivity index is 0.000000132. The Morgan fingerprint density at radius 1 is 0.376 bits per heavy atom. The molecule has 0 radical (unpaired) electrons. The number of carbonyl (C=O) groups is 3. The van der Waals surface area contributed by atoms with Gasteiger partial charge in [0.25, 0.3) is 29.1 Å². The molecule has 0 bridgehead atoms. The van der Waals surface area contributed by atoms with Gasteiger partial charge in [-0.25, -0.2) is 15.0 Å². The summed E-state index contributed by atoms with van der Waals surface area (Å²) in [6.07, 6.45) is 24.9. The maximum atomic E-state index is 13.0. The first-order chi connectivity index (χ1) is 59.8.